The van der Waals surface area contributed by atoms with Crippen LogP contribution in [-0.4, -0.2) is 54.1 Å². The first-order chi connectivity index (χ1) is 12.1. The Morgan fingerprint density at radius 2 is 2.00 bits per heavy atom. The predicted molar refractivity (Wildman–Crippen MR) is 93.7 cm³/mol. The van der Waals surface area contributed by atoms with Crippen LogP contribution in [0.15, 0.2) is 22.9 Å². The van der Waals surface area contributed by atoms with Crippen LogP contribution in [0.3, 0.4) is 0 Å². The second kappa shape index (κ2) is 7.65. The summed E-state index contributed by atoms with van der Waals surface area (Å²) in [4.78, 5) is 24.9. The standard InChI is InChI=1S/C18H24N4O3/c1-4-15-13(2)19-12-20-17(15)22-9-7-21(8-10-22)11-14-5-6-16(25-14)18(23)24-3/h5-6,12H,4,7-11H2,1-3H3. The highest BCUT2D eigenvalue weighted by Crippen LogP contribution is 2.22. The first-order valence-electron chi connectivity index (χ1n) is 8.57. The van der Waals surface area contributed by atoms with Crippen molar-refractivity contribution in [3.8, 4) is 0 Å². The van der Waals surface area contributed by atoms with Gasteiger partial charge in [-0.1, -0.05) is 6.92 Å². The van der Waals surface area contributed by atoms with Crippen LogP contribution in [0.1, 0.15) is 34.5 Å². The van der Waals surface area contributed by atoms with Crippen LogP contribution >= 0.6 is 0 Å². The number of esters is 1. The minimum absolute atomic E-state index is 0.250. The number of methoxy groups -OCH3 is 1. The van der Waals surface area contributed by atoms with Gasteiger partial charge in [0, 0.05) is 37.4 Å². The van der Waals surface area contributed by atoms with Gasteiger partial charge in [0.05, 0.1) is 13.7 Å². The van der Waals surface area contributed by atoms with Crippen molar-refractivity contribution in [2.45, 2.75) is 26.8 Å². The molecule has 1 fully saturated rings. The van der Waals surface area contributed by atoms with E-state index in [-0.39, 0.29) is 5.76 Å². The van der Waals surface area contributed by atoms with Crippen molar-refractivity contribution in [3.05, 3.63) is 41.2 Å². The van der Waals surface area contributed by atoms with E-state index in [1.165, 1.54) is 12.7 Å². The third-order valence-corrected chi connectivity index (χ3v) is 4.59. The molecular weight excluding hydrogens is 320 g/mol. The van der Waals surface area contributed by atoms with Crippen LogP contribution in [0.5, 0.6) is 0 Å². The van der Waals surface area contributed by atoms with Crippen LogP contribution in [0.2, 0.25) is 0 Å². The highest BCUT2D eigenvalue weighted by molar-refractivity contribution is 5.86. The highest BCUT2D eigenvalue weighted by atomic mass is 16.5. The lowest BCUT2D eigenvalue weighted by molar-refractivity contribution is 0.0561. The van der Waals surface area contributed by atoms with Gasteiger partial charge in [0.25, 0.3) is 0 Å². The minimum Gasteiger partial charge on any atom is -0.463 e. The summed E-state index contributed by atoms with van der Waals surface area (Å²) in [6, 6.07) is 3.50. The van der Waals surface area contributed by atoms with Crippen molar-refractivity contribution in [3.63, 3.8) is 0 Å². The molecular formula is C18H24N4O3. The van der Waals surface area contributed by atoms with Crippen LogP contribution in [-0.2, 0) is 17.7 Å². The normalized spacial score (nSPS) is 15.4. The minimum atomic E-state index is -0.442. The number of nitrogens with zero attached hydrogens (tertiary/aromatic N) is 4. The molecule has 0 spiro atoms. The third kappa shape index (κ3) is 3.82. The van der Waals surface area contributed by atoms with E-state index in [2.05, 4.69) is 31.4 Å². The second-order valence-corrected chi connectivity index (χ2v) is 6.14. The Bertz CT molecular complexity index is 736. The summed E-state index contributed by atoms with van der Waals surface area (Å²) in [7, 11) is 1.35. The molecule has 0 aromatic carbocycles. The number of carbonyl (C=O) groups is 1. The maximum absolute atomic E-state index is 11.5. The quantitative estimate of drug-likeness (QED) is 0.769. The second-order valence-electron chi connectivity index (χ2n) is 6.14. The van der Waals surface area contributed by atoms with E-state index in [1.54, 1.807) is 12.4 Å². The number of aryl methyl sites for hydroxylation is 1. The van der Waals surface area contributed by atoms with Crippen molar-refractivity contribution < 1.29 is 13.9 Å². The predicted octanol–water partition coefficient (Wildman–Crippen LogP) is 2.05. The number of ether oxygens (including phenoxy) is 1. The molecule has 1 saturated heterocycles. The van der Waals surface area contributed by atoms with E-state index in [9.17, 15) is 4.79 Å². The van der Waals surface area contributed by atoms with Gasteiger partial charge in [-0.15, -0.1) is 0 Å². The molecule has 2 aromatic rings. The Kier molecular flexibility index (Phi) is 5.33. The first kappa shape index (κ1) is 17.4. The van der Waals surface area contributed by atoms with Gasteiger partial charge in [0.1, 0.15) is 17.9 Å². The SMILES string of the molecule is CCc1c(C)ncnc1N1CCN(Cc2ccc(C(=O)OC)o2)CC1. The zero-order valence-electron chi connectivity index (χ0n) is 15.0. The molecule has 25 heavy (non-hydrogen) atoms. The number of hydrogen-bond acceptors (Lipinski definition) is 7. The van der Waals surface area contributed by atoms with Crippen LogP contribution in [0.4, 0.5) is 5.82 Å². The lowest BCUT2D eigenvalue weighted by atomic mass is 10.1. The lowest BCUT2D eigenvalue weighted by Gasteiger charge is -2.35. The van der Waals surface area contributed by atoms with Gasteiger partial charge in [-0.05, 0) is 25.5 Å². The molecule has 0 saturated carbocycles. The summed E-state index contributed by atoms with van der Waals surface area (Å²) >= 11 is 0. The van der Waals surface area contributed by atoms with E-state index in [1.807, 2.05) is 13.0 Å². The number of hydrogen-bond donors (Lipinski definition) is 0. The monoisotopic (exact) mass is 344 g/mol. The van der Waals surface area contributed by atoms with Crippen molar-refractivity contribution in [2.75, 3.05) is 38.2 Å². The topological polar surface area (TPSA) is 71.7 Å². The number of rotatable bonds is 5. The van der Waals surface area contributed by atoms with Crippen LogP contribution in [0, 0.1) is 6.92 Å². The number of carbonyl (C=O) groups excluding carboxylic acids is 1. The summed E-state index contributed by atoms with van der Waals surface area (Å²) in [6.45, 7) is 8.52. The summed E-state index contributed by atoms with van der Waals surface area (Å²) < 4.78 is 10.2. The number of aromatic nitrogens is 2. The van der Waals surface area contributed by atoms with E-state index in [0.717, 1.165) is 49.9 Å². The lowest BCUT2D eigenvalue weighted by Crippen LogP contribution is -2.46. The zero-order valence-corrected chi connectivity index (χ0v) is 15.0. The summed E-state index contributed by atoms with van der Waals surface area (Å²) in [5.74, 6) is 1.64. The summed E-state index contributed by atoms with van der Waals surface area (Å²) in [5, 5.41) is 0. The highest BCUT2D eigenvalue weighted by Gasteiger charge is 2.22. The van der Waals surface area contributed by atoms with Gasteiger partial charge in [-0.25, -0.2) is 14.8 Å². The Hall–Kier alpha value is -2.41. The molecule has 3 heterocycles. The summed E-state index contributed by atoms with van der Waals surface area (Å²) in [6.07, 6.45) is 2.58. The molecule has 0 aliphatic carbocycles. The van der Waals surface area contributed by atoms with Gasteiger partial charge >= 0.3 is 5.97 Å². The molecule has 7 heteroatoms. The molecule has 0 amide bonds. The van der Waals surface area contributed by atoms with Gasteiger partial charge in [-0.2, -0.15) is 0 Å². The largest absolute Gasteiger partial charge is 0.463 e. The molecule has 7 nitrogen and oxygen atoms in total. The average molecular weight is 344 g/mol. The first-order valence-corrected chi connectivity index (χ1v) is 8.57. The molecule has 1 aliphatic rings. The van der Waals surface area contributed by atoms with E-state index in [0.29, 0.717) is 6.54 Å². The Labute approximate surface area is 147 Å². The number of anilines is 1. The van der Waals surface area contributed by atoms with Gasteiger partial charge in [0.2, 0.25) is 5.76 Å². The van der Waals surface area contributed by atoms with Gasteiger partial charge in [-0.3, -0.25) is 4.90 Å². The number of furan rings is 1. The Morgan fingerprint density at radius 1 is 1.24 bits per heavy atom. The Balaban J connectivity index is 1.60. The molecule has 134 valence electrons. The molecule has 0 atom stereocenters. The maximum Gasteiger partial charge on any atom is 0.373 e. The number of piperazine rings is 1. The van der Waals surface area contributed by atoms with Gasteiger partial charge < -0.3 is 14.1 Å². The van der Waals surface area contributed by atoms with Crippen LogP contribution < -0.4 is 4.90 Å². The van der Waals surface area contributed by atoms with Crippen molar-refractivity contribution >= 4 is 11.8 Å². The molecule has 2 aromatic heterocycles. The molecule has 0 unspecified atom stereocenters. The van der Waals surface area contributed by atoms with Crippen LogP contribution in [0.25, 0.3) is 0 Å². The van der Waals surface area contributed by atoms with E-state index < -0.39 is 5.97 Å². The maximum atomic E-state index is 11.5. The molecule has 0 radical (unpaired) electrons. The molecule has 1 aliphatic heterocycles. The zero-order chi connectivity index (χ0) is 17.8. The van der Waals surface area contributed by atoms with Gasteiger partial charge in [0.15, 0.2) is 0 Å². The smallest absolute Gasteiger partial charge is 0.373 e. The molecule has 0 N–H and O–H groups in total. The fourth-order valence-corrected chi connectivity index (χ4v) is 3.19. The third-order valence-electron chi connectivity index (χ3n) is 4.59. The van der Waals surface area contributed by atoms with E-state index >= 15 is 0 Å². The fourth-order valence-electron chi connectivity index (χ4n) is 3.19. The molecule has 0 bridgehead atoms. The Morgan fingerprint density at radius 3 is 2.68 bits per heavy atom. The fraction of sp³-hybridized carbons (Fsp3) is 0.500. The van der Waals surface area contributed by atoms with E-state index in [4.69, 9.17) is 4.42 Å². The van der Waals surface area contributed by atoms with Crippen molar-refractivity contribution in [1.82, 2.24) is 14.9 Å². The summed E-state index contributed by atoms with van der Waals surface area (Å²) in [5.41, 5.74) is 2.28. The molecule has 3 rings (SSSR count). The van der Waals surface area contributed by atoms with Crippen molar-refractivity contribution in [1.29, 1.82) is 0 Å². The van der Waals surface area contributed by atoms with Crippen molar-refractivity contribution in [2.24, 2.45) is 0 Å². The average Bonchev–Trinajstić information content (AvgIpc) is 3.10.